The van der Waals surface area contributed by atoms with Crippen molar-refractivity contribution in [3.05, 3.63) is 47.1 Å². The van der Waals surface area contributed by atoms with Crippen molar-refractivity contribution in [2.24, 2.45) is 11.8 Å². The first kappa shape index (κ1) is 19.0. The molecule has 1 fully saturated rings. The Morgan fingerprint density at radius 2 is 1.89 bits per heavy atom. The molecule has 0 aliphatic heterocycles. The van der Waals surface area contributed by atoms with Crippen LogP contribution in [0.5, 0.6) is 11.6 Å². The average molecular weight is 401 g/mol. The molecule has 6 nitrogen and oxygen atoms in total. The summed E-state index contributed by atoms with van der Waals surface area (Å²) in [6.07, 6.45) is -3.64. The summed E-state index contributed by atoms with van der Waals surface area (Å²) in [4.78, 5) is 26.2. The molecule has 2 N–H and O–H groups in total. The van der Waals surface area contributed by atoms with Gasteiger partial charge < -0.3 is 15.2 Å². The van der Waals surface area contributed by atoms with Crippen molar-refractivity contribution in [2.75, 3.05) is 5.32 Å². The number of carbonyl (C=O) groups excluding carboxylic acids is 1. The van der Waals surface area contributed by atoms with E-state index < -0.39 is 29.5 Å². The van der Waals surface area contributed by atoms with Crippen LogP contribution in [0, 0.1) is 11.8 Å². The van der Waals surface area contributed by atoms with Gasteiger partial charge in [-0.15, -0.1) is 0 Å². The Morgan fingerprint density at radius 1 is 1.22 bits per heavy atom. The Morgan fingerprint density at radius 3 is 2.41 bits per heavy atom. The van der Waals surface area contributed by atoms with Gasteiger partial charge in [0.1, 0.15) is 10.8 Å². The second kappa shape index (κ2) is 7.07. The number of rotatable bonds is 5. The lowest BCUT2D eigenvalue weighted by Gasteiger charge is -2.10. The molecule has 3 rings (SSSR count). The van der Waals surface area contributed by atoms with E-state index in [0.29, 0.717) is 24.4 Å². The van der Waals surface area contributed by atoms with E-state index in [4.69, 9.17) is 21.4 Å². The van der Waals surface area contributed by atoms with Gasteiger partial charge in [-0.25, -0.2) is 4.98 Å². The predicted octanol–water partition coefficient (Wildman–Crippen LogP) is 4.21. The number of benzene rings is 1. The van der Waals surface area contributed by atoms with Gasteiger partial charge in [-0.1, -0.05) is 11.6 Å². The summed E-state index contributed by atoms with van der Waals surface area (Å²) < 4.78 is 43.1. The molecule has 1 aliphatic carbocycles. The molecule has 1 amide bonds. The molecular weight excluding hydrogens is 389 g/mol. The number of nitrogens with one attached hydrogen (secondary N) is 1. The van der Waals surface area contributed by atoms with Crippen molar-refractivity contribution in [1.29, 1.82) is 0 Å². The molecule has 10 heteroatoms. The summed E-state index contributed by atoms with van der Waals surface area (Å²) in [5.41, 5.74) is -0.562. The molecule has 1 heterocycles. The van der Waals surface area contributed by atoms with Crippen molar-refractivity contribution < 1.29 is 32.6 Å². The second-order valence-electron chi connectivity index (χ2n) is 5.91. The van der Waals surface area contributed by atoms with Gasteiger partial charge in [-0.05, 0) is 36.8 Å². The van der Waals surface area contributed by atoms with E-state index in [2.05, 4.69) is 10.3 Å². The molecule has 2 atom stereocenters. The summed E-state index contributed by atoms with van der Waals surface area (Å²) in [7, 11) is 0. The standard InChI is InChI=1S/C17H12ClF3N2O4/c18-13-5-8(17(19,20)21)7-22-15(13)27-10-3-1-9(2-4-10)23-14(24)11-6-12(11)16(25)26/h1-5,7,11-12H,6H2,(H,23,24)(H,25,26)/t11-,12-/m1/s1. The molecule has 1 aromatic carbocycles. The number of carboxylic acid groups (broad SMARTS) is 1. The minimum Gasteiger partial charge on any atom is -0.481 e. The number of carboxylic acids is 1. The largest absolute Gasteiger partial charge is 0.481 e. The Balaban J connectivity index is 1.63. The van der Waals surface area contributed by atoms with Crippen LogP contribution in [0.25, 0.3) is 0 Å². The molecule has 0 unspecified atom stereocenters. The normalized spacial score (nSPS) is 18.7. The maximum absolute atomic E-state index is 12.6. The zero-order valence-corrected chi connectivity index (χ0v) is 14.2. The van der Waals surface area contributed by atoms with Crippen molar-refractivity contribution in [3.8, 4) is 11.6 Å². The topological polar surface area (TPSA) is 88.5 Å². The Labute approximate surface area is 155 Å². The van der Waals surface area contributed by atoms with Crippen LogP contribution < -0.4 is 10.1 Å². The Kier molecular flexibility index (Phi) is 4.97. The van der Waals surface area contributed by atoms with Crippen molar-refractivity contribution in [2.45, 2.75) is 12.6 Å². The fourth-order valence-electron chi connectivity index (χ4n) is 2.37. The van der Waals surface area contributed by atoms with Crippen LogP contribution in [0.3, 0.4) is 0 Å². The summed E-state index contributed by atoms with van der Waals surface area (Å²) in [6, 6.07) is 6.65. The fourth-order valence-corrected chi connectivity index (χ4v) is 2.57. The van der Waals surface area contributed by atoms with E-state index >= 15 is 0 Å². The number of aromatic nitrogens is 1. The van der Waals surface area contributed by atoms with Gasteiger partial charge in [0, 0.05) is 11.9 Å². The van der Waals surface area contributed by atoms with E-state index in [1.807, 2.05) is 0 Å². The van der Waals surface area contributed by atoms with Crippen LogP contribution in [-0.4, -0.2) is 22.0 Å². The zero-order chi connectivity index (χ0) is 19.8. The molecule has 2 aromatic rings. The lowest BCUT2D eigenvalue weighted by Crippen LogP contribution is -2.16. The number of hydrogen-bond donors (Lipinski definition) is 2. The van der Waals surface area contributed by atoms with Crippen LogP contribution in [0.4, 0.5) is 18.9 Å². The summed E-state index contributed by atoms with van der Waals surface area (Å²) >= 11 is 5.77. The Bertz CT molecular complexity index is 887. The van der Waals surface area contributed by atoms with E-state index in [0.717, 1.165) is 0 Å². The number of halogens is 4. The van der Waals surface area contributed by atoms with Gasteiger partial charge in [0.2, 0.25) is 11.8 Å². The lowest BCUT2D eigenvalue weighted by molar-refractivity contribution is -0.140. The maximum atomic E-state index is 12.6. The van der Waals surface area contributed by atoms with E-state index in [1.54, 1.807) is 0 Å². The molecule has 27 heavy (non-hydrogen) atoms. The third-order valence-corrected chi connectivity index (χ3v) is 4.19. The number of amides is 1. The molecule has 0 saturated heterocycles. The summed E-state index contributed by atoms with van der Waals surface area (Å²) in [5, 5.41) is 11.1. The van der Waals surface area contributed by atoms with Gasteiger partial charge in [-0.2, -0.15) is 13.2 Å². The van der Waals surface area contributed by atoms with E-state index in [1.165, 1.54) is 24.3 Å². The van der Waals surface area contributed by atoms with Gasteiger partial charge in [0.15, 0.2) is 0 Å². The van der Waals surface area contributed by atoms with Gasteiger partial charge >= 0.3 is 12.1 Å². The van der Waals surface area contributed by atoms with E-state index in [9.17, 15) is 22.8 Å². The highest BCUT2D eigenvalue weighted by atomic mass is 35.5. The Hall–Kier alpha value is -2.81. The minimum absolute atomic E-state index is 0.191. The molecular formula is C17H12ClF3N2O4. The van der Waals surface area contributed by atoms with Gasteiger partial charge in [0.25, 0.3) is 0 Å². The van der Waals surface area contributed by atoms with Crippen LogP contribution in [0.2, 0.25) is 5.02 Å². The van der Waals surface area contributed by atoms with Gasteiger partial charge in [-0.3, -0.25) is 9.59 Å². The number of carbonyl (C=O) groups is 2. The lowest BCUT2D eigenvalue weighted by atomic mass is 10.2. The van der Waals surface area contributed by atoms with Crippen LogP contribution in [0.15, 0.2) is 36.5 Å². The van der Waals surface area contributed by atoms with Crippen LogP contribution in [-0.2, 0) is 15.8 Å². The predicted molar refractivity (Wildman–Crippen MR) is 88.6 cm³/mol. The quantitative estimate of drug-likeness (QED) is 0.785. The highest BCUT2D eigenvalue weighted by Gasteiger charge is 2.48. The zero-order valence-electron chi connectivity index (χ0n) is 13.5. The number of nitrogens with zero attached hydrogens (tertiary/aromatic N) is 1. The molecule has 0 radical (unpaired) electrons. The monoisotopic (exact) mass is 400 g/mol. The number of anilines is 1. The maximum Gasteiger partial charge on any atom is 0.417 e. The van der Waals surface area contributed by atoms with E-state index in [-0.39, 0.29) is 22.6 Å². The fraction of sp³-hybridized carbons (Fsp3) is 0.235. The average Bonchev–Trinajstić information content (AvgIpc) is 3.38. The van der Waals surface area contributed by atoms with Crippen LogP contribution in [0.1, 0.15) is 12.0 Å². The number of hydrogen-bond acceptors (Lipinski definition) is 4. The molecule has 0 spiro atoms. The highest BCUT2D eigenvalue weighted by Crippen LogP contribution is 2.39. The number of ether oxygens (including phenoxy) is 1. The number of alkyl halides is 3. The molecule has 1 aromatic heterocycles. The van der Waals surface area contributed by atoms with Gasteiger partial charge in [0.05, 0.1) is 17.4 Å². The molecule has 1 aliphatic rings. The minimum atomic E-state index is -4.56. The number of pyridine rings is 1. The molecule has 142 valence electrons. The van der Waals surface area contributed by atoms with Crippen molar-refractivity contribution in [1.82, 2.24) is 4.98 Å². The first-order valence-corrected chi connectivity index (χ1v) is 8.07. The summed E-state index contributed by atoms with van der Waals surface area (Å²) in [6.45, 7) is 0. The third-order valence-electron chi connectivity index (χ3n) is 3.92. The molecule has 0 bridgehead atoms. The summed E-state index contributed by atoms with van der Waals surface area (Å²) in [5.74, 6) is -2.53. The van der Waals surface area contributed by atoms with Crippen molar-refractivity contribution >= 4 is 29.2 Å². The third kappa shape index (κ3) is 4.48. The second-order valence-corrected chi connectivity index (χ2v) is 6.32. The van der Waals surface area contributed by atoms with Crippen LogP contribution >= 0.6 is 11.6 Å². The molecule has 1 saturated carbocycles. The SMILES string of the molecule is O=C(O)[C@@H]1C[C@H]1C(=O)Nc1ccc(Oc2ncc(C(F)(F)F)cc2Cl)cc1. The smallest absolute Gasteiger partial charge is 0.417 e. The first-order valence-electron chi connectivity index (χ1n) is 7.69. The highest BCUT2D eigenvalue weighted by molar-refractivity contribution is 6.31. The first-order chi connectivity index (χ1) is 12.6. The number of aliphatic carboxylic acids is 1. The van der Waals surface area contributed by atoms with Crippen molar-refractivity contribution in [3.63, 3.8) is 0 Å².